The number of ether oxygens (including phenoxy) is 2. The Morgan fingerprint density at radius 3 is 2.58 bits per heavy atom. The number of cyclic esters (lactones) is 1. The lowest BCUT2D eigenvalue weighted by Crippen LogP contribution is -2.35. The molecule has 2 amide bonds. The summed E-state index contributed by atoms with van der Waals surface area (Å²) < 4.78 is 11.2. The van der Waals surface area contributed by atoms with Gasteiger partial charge in [-0.25, -0.2) is 0 Å². The molecule has 2 aliphatic heterocycles. The zero-order valence-corrected chi connectivity index (χ0v) is 18.9. The SMILES string of the molecule is O=C(C[C@@H]1CC2O[C@H]2CCC(=O)N[C@H](c2ccccc2)COC1=O)NCc1ccc(Cl)cc1. The first-order valence-corrected chi connectivity index (χ1v) is 11.5. The Labute approximate surface area is 197 Å². The third-order valence-electron chi connectivity index (χ3n) is 5.96. The van der Waals surface area contributed by atoms with Crippen LogP contribution in [0, 0.1) is 5.92 Å². The van der Waals surface area contributed by atoms with Gasteiger partial charge >= 0.3 is 5.97 Å². The molecule has 2 aromatic rings. The lowest BCUT2D eigenvalue weighted by molar-refractivity contribution is -0.152. The molecule has 0 radical (unpaired) electrons. The third-order valence-corrected chi connectivity index (χ3v) is 6.21. The summed E-state index contributed by atoms with van der Waals surface area (Å²) >= 11 is 5.90. The fourth-order valence-electron chi connectivity index (χ4n) is 4.01. The highest BCUT2D eigenvalue weighted by Gasteiger charge is 2.42. The zero-order chi connectivity index (χ0) is 23.2. The van der Waals surface area contributed by atoms with Crippen LogP contribution in [0.1, 0.15) is 42.9 Å². The van der Waals surface area contributed by atoms with Gasteiger partial charge in [0.05, 0.1) is 24.2 Å². The number of carbonyl (C=O) groups is 3. The van der Waals surface area contributed by atoms with Crippen LogP contribution in [0.5, 0.6) is 0 Å². The molecule has 1 unspecified atom stereocenters. The van der Waals surface area contributed by atoms with Gasteiger partial charge in [-0.15, -0.1) is 0 Å². The van der Waals surface area contributed by atoms with Crippen molar-refractivity contribution in [3.05, 3.63) is 70.7 Å². The molecule has 2 aromatic carbocycles. The van der Waals surface area contributed by atoms with Crippen molar-refractivity contribution in [2.45, 2.75) is 50.5 Å². The van der Waals surface area contributed by atoms with Crippen molar-refractivity contribution in [3.63, 3.8) is 0 Å². The van der Waals surface area contributed by atoms with E-state index in [4.69, 9.17) is 21.1 Å². The van der Waals surface area contributed by atoms with Crippen LogP contribution < -0.4 is 10.6 Å². The van der Waals surface area contributed by atoms with Crippen molar-refractivity contribution in [2.75, 3.05) is 6.61 Å². The quantitative estimate of drug-likeness (QED) is 0.516. The van der Waals surface area contributed by atoms with E-state index in [-0.39, 0.29) is 37.0 Å². The minimum absolute atomic E-state index is 0.00638. The number of halogens is 1. The average Bonchev–Trinajstić information content (AvgIpc) is 3.57. The van der Waals surface area contributed by atoms with Gasteiger partial charge in [0.2, 0.25) is 11.8 Å². The van der Waals surface area contributed by atoms with Crippen molar-refractivity contribution in [3.8, 4) is 0 Å². The molecular formula is C25H27ClN2O5. The second kappa shape index (κ2) is 10.8. The van der Waals surface area contributed by atoms with Crippen LogP contribution in [0.3, 0.4) is 0 Å². The topological polar surface area (TPSA) is 97.0 Å². The molecule has 0 spiro atoms. The lowest BCUT2D eigenvalue weighted by Gasteiger charge is -2.22. The van der Waals surface area contributed by atoms with E-state index >= 15 is 0 Å². The van der Waals surface area contributed by atoms with Crippen molar-refractivity contribution in [2.24, 2.45) is 5.92 Å². The molecular weight excluding hydrogens is 444 g/mol. The summed E-state index contributed by atoms with van der Waals surface area (Å²) in [7, 11) is 0. The van der Waals surface area contributed by atoms with Crippen LogP contribution in [0.25, 0.3) is 0 Å². The number of hydrogen-bond donors (Lipinski definition) is 2. The minimum atomic E-state index is -0.614. The van der Waals surface area contributed by atoms with Gasteiger partial charge in [0, 0.05) is 24.4 Å². The molecule has 4 rings (SSSR count). The number of esters is 1. The molecule has 2 aliphatic rings. The van der Waals surface area contributed by atoms with E-state index in [9.17, 15) is 14.4 Å². The lowest BCUT2D eigenvalue weighted by atomic mass is 9.96. The molecule has 0 saturated carbocycles. The molecule has 2 saturated heterocycles. The Bertz CT molecular complexity index is 982. The van der Waals surface area contributed by atoms with E-state index in [0.717, 1.165) is 11.1 Å². The van der Waals surface area contributed by atoms with E-state index < -0.39 is 17.9 Å². The van der Waals surface area contributed by atoms with Gasteiger partial charge in [-0.05, 0) is 36.1 Å². The maximum atomic E-state index is 12.9. The highest BCUT2D eigenvalue weighted by molar-refractivity contribution is 6.30. The maximum Gasteiger partial charge on any atom is 0.309 e. The Morgan fingerprint density at radius 1 is 1.06 bits per heavy atom. The fraction of sp³-hybridized carbons (Fsp3) is 0.400. The highest BCUT2D eigenvalue weighted by atomic mass is 35.5. The van der Waals surface area contributed by atoms with Gasteiger partial charge in [0.25, 0.3) is 0 Å². The number of amides is 2. The van der Waals surface area contributed by atoms with Gasteiger partial charge in [-0.3, -0.25) is 14.4 Å². The van der Waals surface area contributed by atoms with Crippen LogP contribution >= 0.6 is 11.6 Å². The molecule has 2 heterocycles. The Balaban J connectivity index is 1.39. The molecule has 0 aliphatic carbocycles. The van der Waals surface area contributed by atoms with Gasteiger partial charge < -0.3 is 20.1 Å². The molecule has 8 heteroatoms. The molecule has 174 valence electrons. The second-order valence-corrected chi connectivity index (χ2v) is 8.89. The summed E-state index contributed by atoms with van der Waals surface area (Å²) in [5.74, 6) is -1.41. The molecule has 4 atom stereocenters. The van der Waals surface area contributed by atoms with E-state index in [1.54, 1.807) is 12.1 Å². The first kappa shape index (κ1) is 23.3. The van der Waals surface area contributed by atoms with E-state index in [1.807, 2.05) is 42.5 Å². The summed E-state index contributed by atoms with van der Waals surface area (Å²) in [6, 6.07) is 16.2. The molecule has 2 N–H and O–H groups in total. The van der Waals surface area contributed by atoms with Crippen molar-refractivity contribution >= 4 is 29.4 Å². The normalized spacial score (nSPS) is 25.5. The summed E-state index contributed by atoms with van der Waals surface area (Å²) in [5.41, 5.74) is 1.77. The second-order valence-electron chi connectivity index (χ2n) is 8.45. The summed E-state index contributed by atoms with van der Waals surface area (Å²) in [4.78, 5) is 37.9. The van der Waals surface area contributed by atoms with E-state index in [0.29, 0.717) is 30.8 Å². The monoisotopic (exact) mass is 470 g/mol. The zero-order valence-electron chi connectivity index (χ0n) is 18.2. The minimum Gasteiger partial charge on any atom is -0.463 e. The highest BCUT2D eigenvalue weighted by Crippen LogP contribution is 2.34. The molecule has 0 aromatic heterocycles. The first-order valence-electron chi connectivity index (χ1n) is 11.2. The Morgan fingerprint density at radius 2 is 1.82 bits per heavy atom. The first-order chi connectivity index (χ1) is 16.0. The Hall–Kier alpha value is -2.90. The van der Waals surface area contributed by atoms with Gasteiger partial charge in [-0.2, -0.15) is 0 Å². The Kier molecular flexibility index (Phi) is 7.62. The van der Waals surface area contributed by atoms with Crippen LogP contribution in [0.2, 0.25) is 5.02 Å². The number of hydrogen-bond acceptors (Lipinski definition) is 5. The number of carbonyl (C=O) groups excluding carboxylic acids is 3. The number of epoxide rings is 1. The largest absolute Gasteiger partial charge is 0.463 e. The predicted octanol–water partition coefficient (Wildman–Crippen LogP) is 3.31. The van der Waals surface area contributed by atoms with Crippen molar-refractivity contribution < 1.29 is 23.9 Å². The number of benzene rings is 2. The van der Waals surface area contributed by atoms with E-state index in [1.165, 1.54) is 0 Å². The van der Waals surface area contributed by atoms with Crippen LogP contribution in [0.4, 0.5) is 0 Å². The standard InChI is InChI=1S/C25H27ClN2O5/c26-19-8-6-16(7-9-19)14-27-24(30)13-18-12-22-21(33-22)10-11-23(29)28-20(15-32-25(18)31)17-4-2-1-3-5-17/h1-9,18,20-22H,10-15H2,(H,27,30)(H,28,29)/t18-,20-,21-,22?/m0/s1. The van der Waals surface area contributed by atoms with Crippen LogP contribution in [-0.4, -0.2) is 36.6 Å². The molecule has 7 nitrogen and oxygen atoms in total. The van der Waals surface area contributed by atoms with Crippen LogP contribution in [0.15, 0.2) is 54.6 Å². The number of rotatable bonds is 5. The number of fused-ring (bicyclic) bond motifs is 1. The molecule has 0 bridgehead atoms. The number of nitrogens with one attached hydrogen (secondary N) is 2. The van der Waals surface area contributed by atoms with E-state index in [2.05, 4.69) is 10.6 Å². The van der Waals surface area contributed by atoms with Gasteiger partial charge in [-0.1, -0.05) is 54.1 Å². The van der Waals surface area contributed by atoms with Crippen LogP contribution in [-0.2, 0) is 30.4 Å². The van der Waals surface area contributed by atoms with Gasteiger partial charge in [0.15, 0.2) is 0 Å². The molecule has 2 fully saturated rings. The van der Waals surface area contributed by atoms with Gasteiger partial charge in [0.1, 0.15) is 6.61 Å². The van der Waals surface area contributed by atoms with Crippen molar-refractivity contribution in [1.29, 1.82) is 0 Å². The summed E-state index contributed by atoms with van der Waals surface area (Å²) in [6.45, 7) is 0.356. The predicted molar refractivity (Wildman–Crippen MR) is 122 cm³/mol. The average molecular weight is 471 g/mol. The van der Waals surface area contributed by atoms with Crippen molar-refractivity contribution in [1.82, 2.24) is 10.6 Å². The molecule has 33 heavy (non-hydrogen) atoms. The maximum absolute atomic E-state index is 12.9. The fourth-order valence-corrected chi connectivity index (χ4v) is 4.14. The summed E-state index contributed by atoms with van der Waals surface area (Å²) in [6.07, 6.45) is 1.13. The third kappa shape index (κ3) is 6.79. The summed E-state index contributed by atoms with van der Waals surface area (Å²) in [5, 5.41) is 6.43. The smallest absolute Gasteiger partial charge is 0.309 e.